The number of pyridine rings is 1. The molecule has 1 fully saturated rings. The quantitative estimate of drug-likeness (QED) is 0.670. The second kappa shape index (κ2) is 7.67. The molecule has 10 heteroatoms. The van der Waals surface area contributed by atoms with Crippen LogP contribution in [0.4, 0.5) is 13.2 Å². The number of aliphatic hydroxyl groups is 1. The fourth-order valence-corrected chi connectivity index (χ4v) is 3.72. The van der Waals surface area contributed by atoms with Crippen molar-refractivity contribution in [1.29, 1.82) is 0 Å². The lowest BCUT2D eigenvalue weighted by atomic mass is 10.0. The first-order valence-corrected chi connectivity index (χ1v) is 10.2. The standard InChI is InChI=1S/C21H24F3N5O2/c1-10(2)29-18-14(9-26-29)13(7-17(28-18)12-4-5-12)19(30)25-8-15-16(21(22,23)24)6-11(3)27-20(15)31/h6-7,9-10,12,20,27,31H,4-5,8H2,1-3H3,(H,25,30). The number of dihydropyridines is 1. The molecule has 3 heterocycles. The highest BCUT2D eigenvalue weighted by Crippen LogP contribution is 2.40. The number of nitrogens with zero attached hydrogens (tertiary/aromatic N) is 3. The summed E-state index contributed by atoms with van der Waals surface area (Å²) >= 11 is 0. The monoisotopic (exact) mass is 435 g/mol. The second-order valence-corrected chi connectivity index (χ2v) is 8.28. The number of fused-ring (bicyclic) bond motifs is 1. The summed E-state index contributed by atoms with van der Waals surface area (Å²) in [6.45, 7) is 4.89. The number of aromatic nitrogens is 3. The van der Waals surface area contributed by atoms with Gasteiger partial charge in [0.2, 0.25) is 0 Å². The first kappa shape index (κ1) is 21.4. The molecule has 0 radical (unpaired) electrons. The highest BCUT2D eigenvalue weighted by atomic mass is 19.4. The molecule has 166 valence electrons. The molecule has 2 aromatic rings. The molecular weight excluding hydrogens is 411 g/mol. The summed E-state index contributed by atoms with van der Waals surface area (Å²) in [4.78, 5) is 17.7. The molecule has 31 heavy (non-hydrogen) atoms. The van der Waals surface area contributed by atoms with E-state index in [1.54, 1.807) is 16.9 Å². The van der Waals surface area contributed by atoms with Crippen molar-refractivity contribution in [2.75, 3.05) is 6.54 Å². The van der Waals surface area contributed by atoms with Crippen molar-refractivity contribution in [3.63, 3.8) is 0 Å². The maximum atomic E-state index is 13.4. The molecule has 0 aromatic carbocycles. The van der Waals surface area contributed by atoms with E-state index >= 15 is 0 Å². The Balaban J connectivity index is 1.67. The van der Waals surface area contributed by atoms with E-state index in [0.29, 0.717) is 16.6 Å². The van der Waals surface area contributed by atoms with Crippen molar-refractivity contribution in [1.82, 2.24) is 25.4 Å². The SMILES string of the molecule is CC1=CC(C(F)(F)F)=C(CNC(=O)c2cc(C3CC3)nc3c2cnn3C(C)C)C(O)N1. The Bertz CT molecular complexity index is 1100. The first-order valence-electron chi connectivity index (χ1n) is 10.2. The number of nitrogens with one attached hydrogen (secondary N) is 2. The fourth-order valence-electron chi connectivity index (χ4n) is 3.72. The van der Waals surface area contributed by atoms with Crippen LogP contribution in [-0.2, 0) is 0 Å². The van der Waals surface area contributed by atoms with E-state index in [-0.39, 0.29) is 23.2 Å². The van der Waals surface area contributed by atoms with E-state index in [2.05, 4.69) is 20.7 Å². The predicted octanol–water partition coefficient (Wildman–Crippen LogP) is 3.30. The molecule has 0 bridgehead atoms. The Hall–Kier alpha value is -2.88. The van der Waals surface area contributed by atoms with E-state index in [9.17, 15) is 23.1 Å². The molecule has 7 nitrogen and oxygen atoms in total. The van der Waals surface area contributed by atoms with Gasteiger partial charge in [-0.15, -0.1) is 0 Å². The van der Waals surface area contributed by atoms with E-state index in [1.807, 2.05) is 13.8 Å². The fraction of sp³-hybridized carbons (Fsp3) is 0.476. The molecule has 1 unspecified atom stereocenters. The van der Waals surface area contributed by atoms with Crippen LogP contribution in [-0.4, -0.2) is 44.7 Å². The van der Waals surface area contributed by atoms with Gasteiger partial charge in [-0.25, -0.2) is 9.67 Å². The molecule has 0 spiro atoms. The third kappa shape index (κ3) is 4.16. The van der Waals surface area contributed by atoms with Crippen LogP contribution in [0.1, 0.15) is 61.6 Å². The number of allylic oxidation sites excluding steroid dienone is 3. The van der Waals surface area contributed by atoms with Gasteiger partial charge in [0, 0.05) is 35.5 Å². The average Bonchev–Trinajstić information content (AvgIpc) is 3.43. The Labute approximate surface area is 177 Å². The number of hydrogen-bond acceptors (Lipinski definition) is 5. The van der Waals surface area contributed by atoms with Gasteiger partial charge in [-0.1, -0.05) is 0 Å². The molecule has 1 aliphatic carbocycles. The second-order valence-electron chi connectivity index (χ2n) is 8.28. The molecule has 1 atom stereocenters. The molecule has 4 rings (SSSR count). The summed E-state index contributed by atoms with van der Waals surface area (Å²) < 4.78 is 42.1. The van der Waals surface area contributed by atoms with Crippen LogP contribution in [0.25, 0.3) is 11.0 Å². The largest absolute Gasteiger partial charge is 0.416 e. The third-order valence-corrected chi connectivity index (χ3v) is 5.46. The van der Waals surface area contributed by atoms with Gasteiger partial charge >= 0.3 is 6.18 Å². The first-order chi connectivity index (χ1) is 14.6. The maximum Gasteiger partial charge on any atom is 0.416 e. The van der Waals surface area contributed by atoms with Gasteiger partial charge in [-0.3, -0.25) is 4.79 Å². The molecule has 2 aliphatic rings. The molecule has 1 amide bonds. The van der Waals surface area contributed by atoms with Crippen LogP contribution in [0, 0.1) is 0 Å². The molecule has 1 saturated carbocycles. The number of rotatable bonds is 5. The van der Waals surface area contributed by atoms with Crippen LogP contribution >= 0.6 is 0 Å². The lowest BCUT2D eigenvalue weighted by Crippen LogP contribution is -2.40. The number of hydrogen-bond donors (Lipinski definition) is 3. The molecule has 2 aromatic heterocycles. The van der Waals surface area contributed by atoms with Gasteiger partial charge < -0.3 is 15.7 Å². The summed E-state index contributed by atoms with van der Waals surface area (Å²) in [5.74, 6) is -0.256. The van der Waals surface area contributed by atoms with Gasteiger partial charge in [-0.05, 0) is 45.8 Å². The predicted molar refractivity (Wildman–Crippen MR) is 108 cm³/mol. The minimum Gasteiger partial charge on any atom is -0.370 e. The molecule has 1 aliphatic heterocycles. The Morgan fingerprint density at radius 1 is 1.39 bits per heavy atom. The summed E-state index contributed by atoms with van der Waals surface area (Å²) in [6.07, 6.45) is -1.73. The van der Waals surface area contributed by atoms with Crippen LogP contribution < -0.4 is 10.6 Å². The molecular formula is C21H24F3N5O2. The Morgan fingerprint density at radius 3 is 2.71 bits per heavy atom. The van der Waals surface area contributed by atoms with Crippen molar-refractivity contribution in [2.45, 2.75) is 58.0 Å². The van der Waals surface area contributed by atoms with Gasteiger partial charge in [0.25, 0.3) is 5.91 Å². The highest BCUT2D eigenvalue weighted by Gasteiger charge is 2.38. The number of carbonyl (C=O) groups is 1. The van der Waals surface area contributed by atoms with E-state index in [1.165, 1.54) is 6.92 Å². The highest BCUT2D eigenvalue weighted by molar-refractivity contribution is 6.05. The van der Waals surface area contributed by atoms with Gasteiger partial charge in [0.15, 0.2) is 5.65 Å². The van der Waals surface area contributed by atoms with Crippen molar-refractivity contribution in [2.24, 2.45) is 0 Å². The lowest BCUT2D eigenvalue weighted by Gasteiger charge is -2.27. The van der Waals surface area contributed by atoms with E-state index < -0.39 is 30.4 Å². The topological polar surface area (TPSA) is 92.1 Å². The van der Waals surface area contributed by atoms with Crippen LogP contribution in [0.3, 0.4) is 0 Å². The van der Waals surface area contributed by atoms with Gasteiger partial charge in [0.05, 0.1) is 22.7 Å². The summed E-state index contributed by atoms with van der Waals surface area (Å²) in [5.41, 5.74) is 0.587. The summed E-state index contributed by atoms with van der Waals surface area (Å²) in [6, 6.07) is 1.73. The van der Waals surface area contributed by atoms with Crippen molar-refractivity contribution in [3.8, 4) is 0 Å². The lowest BCUT2D eigenvalue weighted by molar-refractivity contribution is -0.0908. The van der Waals surface area contributed by atoms with Crippen molar-refractivity contribution >= 4 is 16.9 Å². The van der Waals surface area contributed by atoms with Crippen LogP contribution in [0.15, 0.2) is 35.2 Å². The zero-order valence-corrected chi connectivity index (χ0v) is 17.4. The van der Waals surface area contributed by atoms with Crippen molar-refractivity contribution in [3.05, 3.63) is 46.4 Å². The smallest absolute Gasteiger partial charge is 0.370 e. The maximum absolute atomic E-state index is 13.4. The molecule has 0 saturated heterocycles. The Kier molecular flexibility index (Phi) is 5.28. The summed E-state index contributed by atoms with van der Waals surface area (Å²) in [7, 11) is 0. The normalized spacial score (nSPS) is 19.6. The Morgan fingerprint density at radius 2 is 2.10 bits per heavy atom. The van der Waals surface area contributed by atoms with E-state index in [4.69, 9.17) is 0 Å². The van der Waals surface area contributed by atoms with Crippen LogP contribution in [0.5, 0.6) is 0 Å². The summed E-state index contributed by atoms with van der Waals surface area (Å²) in [5, 5.41) is 20.1. The minimum atomic E-state index is -4.65. The number of halogens is 3. The van der Waals surface area contributed by atoms with Gasteiger partial charge in [-0.2, -0.15) is 18.3 Å². The third-order valence-electron chi connectivity index (χ3n) is 5.46. The number of carbonyl (C=O) groups excluding carboxylic acids is 1. The van der Waals surface area contributed by atoms with Crippen molar-refractivity contribution < 1.29 is 23.1 Å². The van der Waals surface area contributed by atoms with E-state index in [0.717, 1.165) is 24.6 Å². The average molecular weight is 435 g/mol. The molecule has 3 N–H and O–H groups in total. The van der Waals surface area contributed by atoms with Crippen LogP contribution in [0.2, 0.25) is 0 Å². The number of aliphatic hydroxyl groups excluding tert-OH is 1. The zero-order chi connectivity index (χ0) is 22.5. The number of amides is 1. The minimum absolute atomic E-state index is 0.0355. The number of alkyl halides is 3. The van der Waals surface area contributed by atoms with Gasteiger partial charge in [0.1, 0.15) is 6.23 Å². The zero-order valence-electron chi connectivity index (χ0n) is 17.4.